The number of esters is 1. The molecule has 1 N–H and O–H groups in total. The summed E-state index contributed by atoms with van der Waals surface area (Å²) < 4.78 is 9.51. The summed E-state index contributed by atoms with van der Waals surface area (Å²) in [5.74, 6) is -1.36. The number of rotatable bonds is 6. The van der Waals surface area contributed by atoms with Crippen molar-refractivity contribution in [1.82, 2.24) is 0 Å². The van der Waals surface area contributed by atoms with Gasteiger partial charge in [0.2, 0.25) is 0 Å². The number of aliphatic carboxylic acids is 1. The van der Waals surface area contributed by atoms with Crippen LogP contribution < -0.4 is 0 Å². The first-order valence-corrected chi connectivity index (χ1v) is 4.70. The summed E-state index contributed by atoms with van der Waals surface area (Å²) in [7, 11) is 0. The molecular weight excluding hydrogens is 279 g/mol. The molecule has 0 aliphatic rings. The van der Waals surface area contributed by atoms with Crippen molar-refractivity contribution in [3.05, 3.63) is 0 Å². The highest BCUT2D eigenvalue weighted by molar-refractivity contribution is 14.1. The normalized spacial score (nSPS) is 9.42. The predicted octanol–water partition coefficient (Wildman–Crippen LogP) is 0.0658. The van der Waals surface area contributed by atoms with Crippen LogP contribution in [0.5, 0.6) is 0 Å². The second-order valence-corrected chi connectivity index (χ2v) is 2.56. The van der Waals surface area contributed by atoms with Crippen LogP contribution in [0.25, 0.3) is 0 Å². The van der Waals surface area contributed by atoms with Crippen LogP contribution in [0.3, 0.4) is 0 Å². The first kappa shape index (κ1) is 11.6. The van der Waals surface area contributed by atoms with Crippen LogP contribution >= 0.6 is 22.6 Å². The molecule has 5 nitrogen and oxygen atoms in total. The van der Waals surface area contributed by atoms with Crippen LogP contribution in [0.1, 0.15) is 0 Å². The monoisotopic (exact) mass is 288 g/mol. The largest absolute Gasteiger partial charge is 0.480 e. The van der Waals surface area contributed by atoms with E-state index >= 15 is 0 Å². The van der Waals surface area contributed by atoms with Gasteiger partial charge in [-0.15, -0.1) is 0 Å². The second-order valence-electron chi connectivity index (χ2n) is 1.80. The summed E-state index contributed by atoms with van der Waals surface area (Å²) in [6.45, 7) is -0.133. The van der Waals surface area contributed by atoms with Gasteiger partial charge in [-0.2, -0.15) is 0 Å². The lowest BCUT2D eigenvalue weighted by molar-refractivity contribution is -0.145. The molecule has 0 aliphatic carbocycles. The van der Waals surface area contributed by atoms with Crippen LogP contribution in [0.2, 0.25) is 0 Å². The molecule has 0 unspecified atom stereocenters. The zero-order valence-corrected chi connectivity index (χ0v) is 8.44. The lowest BCUT2D eigenvalue weighted by atomic mass is 10.7. The number of alkyl halides is 1. The van der Waals surface area contributed by atoms with Crippen molar-refractivity contribution in [3.63, 3.8) is 0 Å². The Labute approximate surface area is 83.2 Å². The molecule has 0 amide bonds. The minimum atomic E-state index is -1.03. The molecule has 0 aromatic rings. The fourth-order valence-electron chi connectivity index (χ4n) is 0.412. The average Bonchev–Trinajstić information content (AvgIpc) is 2.03. The Bertz CT molecular complexity index is 158. The number of hydrogen-bond donors (Lipinski definition) is 1. The van der Waals surface area contributed by atoms with Crippen molar-refractivity contribution in [2.24, 2.45) is 0 Å². The molecule has 6 heteroatoms. The van der Waals surface area contributed by atoms with Crippen LogP contribution in [0, 0.1) is 0 Å². The third-order valence-corrected chi connectivity index (χ3v) is 1.45. The maximum Gasteiger partial charge on any atom is 0.329 e. The van der Waals surface area contributed by atoms with Gasteiger partial charge in [0, 0.05) is 0 Å². The highest BCUT2D eigenvalue weighted by Gasteiger charge is 1.99. The molecule has 70 valence electrons. The molecule has 0 radical (unpaired) electrons. The topological polar surface area (TPSA) is 72.8 Å². The maximum absolute atomic E-state index is 10.5. The van der Waals surface area contributed by atoms with Gasteiger partial charge >= 0.3 is 11.9 Å². The van der Waals surface area contributed by atoms with Crippen LogP contribution in [0.15, 0.2) is 0 Å². The smallest absolute Gasteiger partial charge is 0.329 e. The van der Waals surface area contributed by atoms with Gasteiger partial charge in [-0.05, 0) is 0 Å². The summed E-state index contributed by atoms with van der Waals surface area (Å²) >= 11 is 1.88. The van der Waals surface area contributed by atoms with Gasteiger partial charge in [0.1, 0.15) is 13.2 Å². The molecular formula is C6H9IO5. The zero-order valence-electron chi connectivity index (χ0n) is 6.29. The van der Waals surface area contributed by atoms with E-state index in [1.54, 1.807) is 0 Å². The summed E-state index contributed by atoms with van der Waals surface area (Å²) in [5.41, 5.74) is 0. The van der Waals surface area contributed by atoms with Gasteiger partial charge in [0.05, 0.1) is 11.0 Å². The lowest BCUT2D eigenvalue weighted by Gasteiger charge is -2.01. The van der Waals surface area contributed by atoms with Gasteiger partial charge in [-0.3, -0.25) is 4.79 Å². The summed E-state index contributed by atoms with van der Waals surface area (Å²) in [5, 5.41) is 8.13. The van der Waals surface area contributed by atoms with Crippen molar-refractivity contribution in [3.8, 4) is 0 Å². The number of ether oxygens (including phenoxy) is 2. The fraction of sp³-hybridized carbons (Fsp3) is 0.667. The Morgan fingerprint density at radius 3 is 2.50 bits per heavy atom. The van der Waals surface area contributed by atoms with E-state index in [1.165, 1.54) is 0 Å². The lowest BCUT2D eigenvalue weighted by Crippen LogP contribution is -2.14. The van der Waals surface area contributed by atoms with Crippen molar-refractivity contribution in [2.45, 2.75) is 0 Å². The molecule has 0 saturated carbocycles. The minimum absolute atomic E-state index is 0.106. The molecule has 0 aliphatic heterocycles. The standard InChI is InChI=1S/C6H9IO5/c7-3-6(10)12-2-1-11-4-5(8)9/h1-4H2,(H,8,9). The van der Waals surface area contributed by atoms with Crippen molar-refractivity contribution < 1.29 is 24.2 Å². The average molecular weight is 288 g/mol. The number of hydrogen-bond acceptors (Lipinski definition) is 4. The first-order valence-electron chi connectivity index (χ1n) is 3.18. The Kier molecular flexibility index (Phi) is 7.06. The SMILES string of the molecule is O=C(O)COCCOC(=O)CI. The molecule has 0 fully saturated rings. The Morgan fingerprint density at radius 2 is 2.00 bits per heavy atom. The Morgan fingerprint density at radius 1 is 1.33 bits per heavy atom. The van der Waals surface area contributed by atoms with Gasteiger partial charge in [0.25, 0.3) is 0 Å². The van der Waals surface area contributed by atoms with E-state index in [0.29, 0.717) is 0 Å². The van der Waals surface area contributed by atoms with E-state index in [4.69, 9.17) is 5.11 Å². The number of carboxylic acids is 1. The van der Waals surface area contributed by atoms with E-state index < -0.39 is 5.97 Å². The minimum Gasteiger partial charge on any atom is -0.480 e. The quantitative estimate of drug-likeness (QED) is 0.324. The number of carbonyl (C=O) groups excluding carboxylic acids is 1. The van der Waals surface area contributed by atoms with Gasteiger partial charge in [-0.1, -0.05) is 22.6 Å². The van der Waals surface area contributed by atoms with E-state index in [2.05, 4.69) is 9.47 Å². The van der Waals surface area contributed by atoms with Gasteiger partial charge in [0.15, 0.2) is 0 Å². The molecule has 0 bridgehead atoms. The van der Waals surface area contributed by atoms with Gasteiger partial charge < -0.3 is 14.6 Å². The number of carbonyl (C=O) groups is 2. The van der Waals surface area contributed by atoms with Crippen LogP contribution in [-0.2, 0) is 19.1 Å². The third kappa shape index (κ3) is 7.73. The number of halogens is 1. The maximum atomic E-state index is 10.5. The van der Waals surface area contributed by atoms with E-state index in [0.717, 1.165) is 0 Å². The highest BCUT2D eigenvalue weighted by Crippen LogP contribution is 1.86. The molecule has 0 spiro atoms. The van der Waals surface area contributed by atoms with Crippen molar-refractivity contribution in [2.75, 3.05) is 24.2 Å². The Hall–Kier alpha value is -0.370. The predicted molar refractivity (Wildman–Crippen MR) is 48.3 cm³/mol. The van der Waals surface area contributed by atoms with Gasteiger partial charge in [-0.25, -0.2) is 4.79 Å². The van der Waals surface area contributed by atoms with Crippen LogP contribution in [-0.4, -0.2) is 41.3 Å². The third-order valence-electron chi connectivity index (χ3n) is 0.825. The Balaban J connectivity index is 3.11. The van der Waals surface area contributed by atoms with E-state index in [-0.39, 0.29) is 30.2 Å². The summed E-state index contributed by atoms with van der Waals surface area (Å²) in [6, 6.07) is 0. The second kappa shape index (κ2) is 7.29. The molecule has 0 atom stereocenters. The highest BCUT2D eigenvalue weighted by atomic mass is 127. The molecule has 0 aromatic heterocycles. The first-order chi connectivity index (χ1) is 5.66. The fourth-order valence-corrected chi connectivity index (χ4v) is 0.633. The summed E-state index contributed by atoms with van der Waals surface area (Å²) in [4.78, 5) is 20.4. The van der Waals surface area contributed by atoms with Crippen molar-refractivity contribution in [1.29, 1.82) is 0 Å². The van der Waals surface area contributed by atoms with E-state index in [1.807, 2.05) is 22.6 Å². The molecule has 12 heavy (non-hydrogen) atoms. The molecule has 0 heterocycles. The van der Waals surface area contributed by atoms with Crippen molar-refractivity contribution >= 4 is 34.5 Å². The molecule has 0 aromatic carbocycles. The zero-order chi connectivity index (χ0) is 9.40. The van der Waals surface area contributed by atoms with Crippen LogP contribution in [0.4, 0.5) is 0 Å². The van der Waals surface area contributed by atoms with E-state index in [9.17, 15) is 9.59 Å². The molecule has 0 saturated heterocycles. The molecule has 0 rings (SSSR count). The number of carboxylic acid groups (broad SMARTS) is 1. The summed E-state index contributed by atoms with van der Waals surface area (Å²) in [6.07, 6.45) is 0.